The number of aromatic nitrogens is 1. The van der Waals surface area contributed by atoms with Crippen LogP contribution in [-0.2, 0) is 4.79 Å². The number of piperazine rings is 1. The van der Waals surface area contributed by atoms with E-state index in [4.69, 9.17) is 0 Å². The number of nitrogens with one attached hydrogen (secondary N) is 1. The molecular weight excluding hydrogens is 186 g/mol. The molecule has 1 aliphatic heterocycles. The Hall–Kier alpha value is -0.940. The van der Waals surface area contributed by atoms with Crippen LogP contribution in [-0.4, -0.2) is 30.0 Å². The molecule has 0 aliphatic carbocycles. The first kappa shape index (κ1) is 8.65. The number of thiazole rings is 1. The Bertz CT molecular complexity index is 298. The number of hydrogen-bond donors (Lipinski definition) is 1. The molecule has 0 saturated carbocycles. The topological polar surface area (TPSA) is 45.2 Å². The highest BCUT2D eigenvalue weighted by molar-refractivity contribution is 7.13. The summed E-state index contributed by atoms with van der Waals surface area (Å²) in [5.41, 5.74) is 0. The van der Waals surface area contributed by atoms with Crippen molar-refractivity contribution in [3.63, 3.8) is 0 Å². The monoisotopic (exact) mass is 197 g/mol. The number of carbonyl (C=O) groups is 1. The summed E-state index contributed by atoms with van der Waals surface area (Å²) in [7, 11) is 0. The summed E-state index contributed by atoms with van der Waals surface area (Å²) >= 11 is 1.50. The summed E-state index contributed by atoms with van der Waals surface area (Å²) in [5.74, 6) is 0.112. The number of carbonyl (C=O) groups excluding carboxylic acids is 1. The fourth-order valence-electron chi connectivity index (χ4n) is 1.36. The van der Waals surface area contributed by atoms with Gasteiger partial charge in [0.25, 0.3) is 0 Å². The van der Waals surface area contributed by atoms with E-state index < -0.39 is 0 Å². The number of amides is 1. The lowest BCUT2D eigenvalue weighted by Crippen LogP contribution is -2.53. The van der Waals surface area contributed by atoms with Gasteiger partial charge in [0, 0.05) is 24.7 Å². The molecule has 1 saturated heterocycles. The Morgan fingerprint density at radius 1 is 1.77 bits per heavy atom. The summed E-state index contributed by atoms with van der Waals surface area (Å²) in [6.45, 7) is 3.44. The van der Waals surface area contributed by atoms with E-state index >= 15 is 0 Å². The molecule has 1 aromatic heterocycles. The van der Waals surface area contributed by atoms with Gasteiger partial charge in [-0.05, 0) is 6.92 Å². The van der Waals surface area contributed by atoms with Crippen molar-refractivity contribution in [1.29, 1.82) is 0 Å². The van der Waals surface area contributed by atoms with Crippen molar-refractivity contribution in [3.8, 4) is 0 Å². The van der Waals surface area contributed by atoms with E-state index in [2.05, 4.69) is 10.3 Å². The van der Waals surface area contributed by atoms with E-state index in [0.717, 1.165) is 18.2 Å². The van der Waals surface area contributed by atoms with Crippen LogP contribution in [0.15, 0.2) is 11.6 Å². The molecular formula is C8H11N3OS. The van der Waals surface area contributed by atoms with Gasteiger partial charge in [0.2, 0.25) is 5.91 Å². The number of anilines is 1. The van der Waals surface area contributed by atoms with Crippen molar-refractivity contribution in [2.75, 3.05) is 18.0 Å². The minimum atomic E-state index is -0.0855. The minimum absolute atomic E-state index is 0.0855. The number of hydrogen-bond acceptors (Lipinski definition) is 4. The zero-order valence-electron chi connectivity index (χ0n) is 7.36. The average molecular weight is 197 g/mol. The van der Waals surface area contributed by atoms with Gasteiger partial charge in [-0.15, -0.1) is 11.3 Å². The first-order valence-electron chi connectivity index (χ1n) is 4.23. The largest absolute Gasteiger partial charge is 0.304 e. The zero-order valence-corrected chi connectivity index (χ0v) is 8.17. The van der Waals surface area contributed by atoms with Gasteiger partial charge < -0.3 is 5.32 Å². The molecule has 1 aromatic rings. The van der Waals surface area contributed by atoms with Gasteiger partial charge in [-0.3, -0.25) is 9.69 Å². The molecule has 1 amide bonds. The summed E-state index contributed by atoms with van der Waals surface area (Å²) in [6, 6.07) is -0.0855. The third-order valence-corrected chi connectivity index (χ3v) is 2.87. The van der Waals surface area contributed by atoms with Crippen molar-refractivity contribution < 1.29 is 4.79 Å². The van der Waals surface area contributed by atoms with Crippen LogP contribution < -0.4 is 10.2 Å². The minimum Gasteiger partial charge on any atom is -0.304 e. The summed E-state index contributed by atoms with van der Waals surface area (Å²) in [5, 5.41) is 5.80. The van der Waals surface area contributed by atoms with Crippen LogP contribution in [0.1, 0.15) is 6.92 Å². The third kappa shape index (κ3) is 1.57. The Morgan fingerprint density at radius 3 is 3.31 bits per heavy atom. The first-order valence-corrected chi connectivity index (χ1v) is 5.11. The molecule has 1 aliphatic rings. The van der Waals surface area contributed by atoms with Crippen LogP contribution in [0.4, 0.5) is 5.13 Å². The lowest BCUT2D eigenvalue weighted by Gasteiger charge is -2.29. The Kier molecular flexibility index (Phi) is 2.28. The second kappa shape index (κ2) is 3.43. The molecule has 4 nitrogen and oxygen atoms in total. The average Bonchev–Trinajstić information content (AvgIpc) is 2.62. The predicted molar refractivity (Wildman–Crippen MR) is 51.9 cm³/mol. The third-order valence-electron chi connectivity index (χ3n) is 2.07. The Morgan fingerprint density at radius 2 is 2.62 bits per heavy atom. The fraction of sp³-hybridized carbons (Fsp3) is 0.500. The van der Waals surface area contributed by atoms with E-state index in [1.54, 1.807) is 11.1 Å². The van der Waals surface area contributed by atoms with Gasteiger partial charge >= 0.3 is 0 Å². The first-order chi connectivity index (χ1) is 6.29. The molecule has 1 fully saturated rings. The molecule has 0 spiro atoms. The molecule has 1 atom stereocenters. The molecule has 0 radical (unpaired) electrons. The maximum Gasteiger partial charge on any atom is 0.245 e. The van der Waals surface area contributed by atoms with Crippen molar-refractivity contribution in [2.45, 2.75) is 13.0 Å². The maximum absolute atomic E-state index is 11.7. The molecule has 1 N–H and O–H groups in total. The second-order valence-corrected chi connectivity index (χ2v) is 3.85. The van der Waals surface area contributed by atoms with Crippen molar-refractivity contribution in [1.82, 2.24) is 10.3 Å². The van der Waals surface area contributed by atoms with E-state index in [1.807, 2.05) is 12.3 Å². The van der Waals surface area contributed by atoms with Crippen LogP contribution in [0, 0.1) is 0 Å². The molecule has 5 heteroatoms. The van der Waals surface area contributed by atoms with Gasteiger partial charge in [-0.2, -0.15) is 0 Å². The second-order valence-electron chi connectivity index (χ2n) is 2.98. The highest BCUT2D eigenvalue weighted by Gasteiger charge is 2.26. The highest BCUT2D eigenvalue weighted by Crippen LogP contribution is 2.19. The number of rotatable bonds is 1. The van der Waals surface area contributed by atoms with Crippen molar-refractivity contribution in [3.05, 3.63) is 11.6 Å². The standard InChI is InChI=1S/C8H11N3OS/c1-6-7(12)11(4-2-9-6)8-10-3-5-13-8/h3,5-6,9H,2,4H2,1H3/t6-/m1/s1. The maximum atomic E-state index is 11.7. The molecule has 0 bridgehead atoms. The van der Waals surface area contributed by atoms with Crippen LogP contribution in [0.5, 0.6) is 0 Å². The fourth-order valence-corrected chi connectivity index (χ4v) is 2.04. The van der Waals surface area contributed by atoms with Crippen LogP contribution in [0.25, 0.3) is 0 Å². The van der Waals surface area contributed by atoms with E-state index in [0.29, 0.717) is 0 Å². The van der Waals surface area contributed by atoms with Crippen molar-refractivity contribution >= 4 is 22.4 Å². The summed E-state index contributed by atoms with van der Waals surface area (Å²) in [4.78, 5) is 17.5. The quantitative estimate of drug-likeness (QED) is 0.711. The van der Waals surface area contributed by atoms with E-state index in [9.17, 15) is 4.79 Å². The lowest BCUT2D eigenvalue weighted by molar-refractivity contribution is -0.121. The van der Waals surface area contributed by atoms with E-state index in [-0.39, 0.29) is 11.9 Å². The predicted octanol–water partition coefficient (Wildman–Crippen LogP) is 0.468. The SMILES string of the molecule is C[C@H]1NCCN(c2nccs2)C1=O. The van der Waals surface area contributed by atoms with Gasteiger partial charge in [0.05, 0.1) is 6.04 Å². The van der Waals surface area contributed by atoms with Crippen molar-refractivity contribution in [2.24, 2.45) is 0 Å². The normalized spacial score (nSPS) is 23.6. The molecule has 0 unspecified atom stereocenters. The smallest absolute Gasteiger partial charge is 0.245 e. The Balaban J connectivity index is 2.19. The highest BCUT2D eigenvalue weighted by atomic mass is 32.1. The van der Waals surface area contributed by atoms with Crippen LogP contribution in [0.3, 0.4) is 0 Å². The lowest BCUT2D eigenvalue weighted by atomic mass is 10.2. The van der Waals surface area contributed by atoms with Gasteiger partial charge in [-0.25, -0.2) is 4.98 Å². The van der Waals surface area contributed by atoms with Crippen LogP contribution in [0.2, 0.25) is 0 Å². The van der Waals surface area contributed by atoms with Crippen LogP contribution >= 0.6 is 11.3 Å². The van der Waals surface area contributed by atoms with Gasteiger partial charge in [0.15, 0.2) is 5.13 Å². The Labute approximate surface area is 80.6 Å². The van der Waals surface area contributed by atoms with E-state index in [1.165, 1.54) is 11.3 Å². The van der Waals surface area contributed by atoms with Gasteiger partial charge in [0.1, 0.15) is 0 Å². The summed E-state index contributed by atoms with van der Waals surface area (Å²) < 4.78 is 0. The molecule has 13 heavy (non-hydrogen) atoms. The number of nitrogens with zero attached hydrogens (tertiary/aromatic N) is 2. The molecule has 70 valence electrons. The molecule has 2 heterocycles. The molecule has 0 aromatic carbocycles. The zero-order chi connectivity index (χ0) is 9.26. The summed E-state index contributed by atoms with van der Waals surface area (Å²) in [6.07, 6.45) is 1.72. The molecule has 2 rings (SSSR count). The van der Waals surface area contributed by atoms with Gasteiger partial charge in [-0.1, -0.05) is 0 Å².